The second kappa shape index (κ2) is 11.9. The van der Waals surface area contributed by atoms with Crippen molar-refractivity contribution < 1.29 is 0 Å². The fraction of sp³-hybridized carbons (Fsp3) is 0.500. The third-order valence-corrected chi connectivity index (χ3v) is 19.2. The zero-order valence-electron chi connectivity index (χ0n) is 39.2. The average Bonchev–Trinajstić information content (AvgIpc) is 3.85. The molecular weight excluding hydrogens is 735 g/mol. The normalized spacial score (nSPS) is 30.7. The molecule has 0 radical (unpaired) electrons. The summed E-state index contributed by atoms with van der Waals surface area (Å²) < 4.78 is 0. The number of anilines is 3. The Bertz CT molecular complexity index is 2600. The molecule has 4 saturated carbocycles. The number of hydrogen-bond donors (Lipinski definition) is 0. The van der Waals surface area contributed by atoms with Crippen LogP contribution in [0.1, 0.15) is 166 Å². The van der Waals surface area contributed by atoms with Gasteiger partial charge in [0.2, 0.25) is 0 Å². The highest BCUT2D eigenvalue weighted by Crippen LogP contribution is 2.89. The Morgan fingerprint density at radius 2 is 1.05 bits per heavy atom. The van der Waals surface area contributed by atoms with Gasteiger partial charge in [0.05, 0.1) is 5.69 Å². The minimum absolute atomic E-state index is 0.0888. The quantitative estimate of drug-likeness (QED) is 0.175. The van der Waals surface area contributed by atoms with Crippen LogP contribution in [0.3, 0.4) is 0 Å². The van der Waals surface area contributed by atoms with Crippen LogP contribution in [-0.2, 0) is 32.5 Å². The molecule has 0 saturated heterocycles. The maximum atomic E-state index is 2.78. The molecule has 0 heterocycles. The lowest BCUT2D eigenvalue weighted by Crippen LogP contribution is -2.73. The van der Waals surface area contributed by atoms with Crippen molar-refractivity contribution in [2.75, 3.05) is 4.90 Å². The van der Waals surface area contributed by atoms with Crippen LogP contribution in [0, 0.1) is 29.1 Å². The van der Waals surface area contributed by atoms with Crippen molar-refractivity contribution in [2.24, 2.45) is 29.1 Å². The molecule has 5 aromatic carbocycles. The summed E-state index contributed by atoms with van der Waals surface area (Å²) in [5, 5.41) is 0. The molecule has 12 rings (SSSR count). The van der Waals surface area contributed by atoms with Crippen LogP contribution >= 0.6 is 0 Å². The van der Waals surface area contributed by atoms with E-state index in [9.17, 15) is 0 Å². The lowest BCUT2D eigenvalue weighted by Gasteiger charge is -2.76. The molecule has 1 nitrogen and oxygen atoms in total. The lowest BCUT2D eigenvalue weighted by atomic mass is 9.27. The van der Waals surface area contributed by atoms with E-state index in [1.165, 1.54) is 118 Å². The minimum Gasteiger partial charge on any atom is -0.310 e. The van der Waals surface area contributed by atoms with E-state index >= 15 is 0 Å². The Hall–Kier alpha value is -4.10. The van der Waals surface area contributed by atoms with E-state index in [2.05, 4.69) is 178 Å². The van der Waals surface area contributed by atoms with Crippen LogP contribution in [0.25, 0.3) is 22.3 Å². The first kappa shape index (κ1) is 38.6. The molecule has 0 amide bonds. The Labute approximate surface area is 367 Å². The van der Waals surface area contributed by atoms with E-state index in [0.717, 1.165) is 23.7 Å². The SMILES string of the molecule is CC(C)(C)c1ccc(-c2cc3c(cc2N(c2ccc4c(c2)C(C)(C)CCC4(C)C)c2ccc4c(c2)C(C)(C)CCC4(C)C)C2(c4ccccc4-3)C3CC4CC5CC2C53C4)cc1. The Morgan fingerprint density at radius 3 is 1.62 bits per heavy atom. The van der Waals surface area contributed by atoms with Gasteiger partial charge in [-0.3, -0.25) is 0 Å². The van der Waals surface area contributed by atoms with Gasteiger partial charge in [-0.2, -0.15) is 0 Å². The predicted molar refractivity (Wildman–Crippen MR) is 257 cm³/mol. The molecule has 0 N–H and O–H groups in total. The third-order valence-electron chi connectivity index (χ3n) is 19.2. The second-order valence-corrected chi connectivity index (χ2v) is 25.2. The molecule has 7 aliphatic rings. The van der Waals surface area contributed by atoms with Crippen molar-refractivity contribution in [1.82, 2.24) is 0 Å². The van der Waals surface area contributed by atoms with Crippen molar-refractivity contribution in [3.63, 3.8) is 0 Å². The number of fused-ring (bicyclic) bond motifs is 10. The third kappa shape index (κ3) is 4.91. The van der Waals surface area contributed by atoms with Gasteiger partial charge in [0.25, 0.3) is 0 Å². The molecule has 61 heavy (non-hydrogen) atoms. The highest BCUT2D eigenvalue weighted by molar-refractivity contribution is 5.96. The van der Waals surface area contributed by atoms with Crippen LogP contribution in [0.4, 0.5) is 17.1 Å². The van der Waals surface area contributed by atoms with Gasteiger partial charge in [-0.25, -0.2) is 0 Å². The largest absolute Gasteiger partial charge is 0.310 e. The van der Waals surface area contributed by atoms with Crippen LogP contribution in [-0.4, -0.2) is 0 Å². The summed E-state index contributed by atoms with van der Waals surface area (Å²) >= 11 is 0. The molecule has 2 spiro atoms. The van der Waals surface area contributed by atoms with Crippen LogP contribution in [0.2, 0.25) is 0 Å². The molecule has 5 aromatic rings. The average molecular weight is 804 g/mol. The maximum absolute atomic E-state index is 2.78. The summed E-state index contributed by atoms with van der Waals surface area (Å²) in [6.07, 6.45) is 10.7. The van der Waals surface area contributed by atoms with Gasteiger partial charge >= 0.3 is 0 Å². The van der Waals surface area contributed by atoms with Gasteiger partial charge in [0.15, 0.2) is 0 Å². The summed E-state index contributed by atoms with van der Waals surface area (Å²) in [5.74, 6) is 3.42. The van der Waals surface area contributed by atoms with Crippen LogP contribution < -0.4 is 4.90 Å². The molecule has 0 aromatic heterocycles. The van der Waals surface area contributed by atoms with Gasteiger partial charge in [0, 0.05) is 22.4 Å². The van der Waals surface area contributed by atoms with Crippen molar-refractivity contribution in [2.45, 2.75) is 160 Å². The molecule has 1 heteroatoms. The molecule has 2 bridgehead atoms. The van der Waals surface area contributed by atoms with Crippen molar-refractivity contribution >= 4 is 17.1 Å². The first-order valence-electron chi connectivity index (χ1n) is 24.3. The standard InChI is InChI=1S/C60H69N/c1-54(2,3)38-18-16-37(17-19-38)43-33-44-42-14-12-13-15-45(42)60(52-29-36-28-39-30-53(60)59(39,52)35-36)48(44)34-51(43)61(40-20-22-46-49(31-40)57(8,9)26-24-55(46,4)5)41-21-23-47-50(32-41)58(10,11)27-25-56(47,6)7/h12-23,31-34,36,39,52-53H,24-30,35H2,1-11H3. The molecule has 0 aliphatic heterocycles. The summed E-state index contributed by atoms with van der Waals surface area (Å²) in [6.45, 7) is 26.8. The van der Waals surface area contributed by atoms with Gasteiger partial charge < -0.3 is 4.90 Å². The van der Waals surface area contributed by atoms with Crippen molar-refractivity contribution in [3.05, 3.63) is 136 Å². The van der Waals surface area contributed by atoms with Gasteiger partial charge in [-0.1, -0.05) is 137 Å². The smallest absolute Gasteiger partial charge is 0.0543 e. The summed E-state index contributed by atoms with van der Waals surface area (Å²) in [5.41, 5.74) is 21.7. The fourth-order valence-corrected chi connectivity index (χ4v) is 15.8. The van der Waals surface area contributed by atoms with E-state index in [4.69, 9.17) is 0 Å². The summed E-state index contributed by atoms with van der Waals surface area (Å²) in [4.78, 5) is 2.73. The Kier molecular flexibility index (Phi) is 7.53. The van der Waals surface area contributed by atoms with E-state index in [-0.39, 0.29) is 32.5 Å². The minimum atomic E-state index is 0.0888. The Balaban J connectivity index is 1.16. The predicted octanol–water partition coefficient (Wildman–Crippen LogP) is 16.2. The van der Waals surface area contributed by atoms with E-state index < -0.39 is 0 Å². The Morgan fingerprint density at radius 1 is 0.492 bits per heavy atom. The molecule has 6 atom stereocenters. The van der Waals surface area contributed by atoms with Crippen molar-refractivity contribution in [1.29, 1.82) is 0 Å². The zero-order valence-corrected chi connectivity index (χ0v) is 39.2. The zero-order chi connectivity index (χ0) is 42.4. The molecule has 314 valence electrons. The van der Waals surface area contributed by atoms with Crippen LogP contribution in [0.5, 0.6) is 0 Å². The number of nitrogens with zero attached hydrogens (tertiary/aromatic N) is 1. The molecule has 7 aliphatic carbocycles. The molecular formula is C60H69N. The molecule has 6 unspecified atom stereocenters. The highest BCUT2D eigenvalue weighted by atomic mass is 15.1. The van der Waals surface area contributed by atoms with Crippen molar-refractivity contribution in [3.8, 4) is 22.3 Å². The summed E-state index contributed by atoms with van der Waals surface area (Å²) in [7, 11) is 0. The van der Waals surface area contributed by atoms with Crippen LogP contribution in [0.15, 0.2) is 97.1 Å². The topological polar surface area (TPSA) is 3.24 Å². The van der Waals surface area contributed by atoms with E-state index in [0.29, 0.717) is 5.41 Å². The molecule has 4 fully saturated rings. The maximum Gasteiger partial charge on any atom is 0.0543 e. The van der Waals surface area contributed by atoms with Gasteiger partial charge in [-0.15, -0.1) is 0 Å². The highest BCUT2D eigenvalue weighted by Gasteiger charge is 2.84. The van der Waals surface area contributed by atoms with E-state index in [1.807, 2.05) is 0 Å². The first-order valence-corrected chi connectivity index (χ1v) is 24.3. The van der Waals surface area contributed by atoms with Gasteiger partial charge in [-0.05, 0) is 200 Å². The van der Waals surface area contributed by atoms with Gasteiger partial charge in [0.1, 0.15) is 0 Å². The monoisotopic (exact) mass is 804 g/mol. The lowest BCUT2D eigenvalue weighted by molar-refractivity contribution is -0.231. The van der Waals surface area contributed by atoms with E-state index in [1.54, 1.807) is 11.1 Å². The fourth-order valence-electron chi connectivity index (χ4n) is 15.8. The number of hydrogen-bond acceptors (Lipinski definition) is 1. The first-order chi connectivity index (χ1) is 28.8. The number of benzene rings is 5. The number of rotatable bonds is 4. The summed E-state index contributed by atoms with van der Waals surface area (Å²) in [6, 6.07) is 40.1. The second-order valence-electron chi connectivity index (χ2n) is 25.2.